The molecule has 2 nitrogen and oxygen atoms in total. The summed E-state index contributed by atoms with van der Waals surface area (Å²) in [6.07, 6.45) is 0.249. The van der Waals surface area contributed by atoms with Crippen molar-refractivity contribution in [2.24, 2.45) is 5.92 Å². The molecule has 1 aromatic rings. The molecule has 1 aliphatic carbocycles. The van der Waals surface area contributed by atoms with Gasteiger partial charge < -0.3 is 10.1 Å². The predicted molar refractivity (Wildman–Crippen MR) is 80.7 cm³/mol. The van der Waals surface area contributed by atoms with Crippen molar-refractivity contribution in [1.29, 1.82) is 0 Å². The van der Waals surface area contributed by atoms with E-state index < -0.39 is 0 Å². The lowest BCUT2D eigenvalue weighted by molar-refractivity contribution is 0.0348. The fraction of sp³-hybridized carbons (Fsp3) is 0.647. The minimum Gasteiger partial charge on any atom is -0.378 e. The molecule has 0 amide bonds. The van der Waals surface area contributed by atoms with Crippen molar-refractivity contribution >= 4 is 0 Å². The molecule has 0 aliphatic heterocycles. The third-order valence-corrected chi connectivity index (χ3v) is 4.86. The molecule has 0 radical (unpaired) electrons. The van der Waals surface area contributed by atoms with Crippen molar-refractivity contribution in [2.45, 2.75) is 51.7 Å². The van der Waals surface area contributed by atoms with Gasteiger partial charge in [0.1, 0.15) is 0 Å². The third-order valence-electron chi connectivity index (χ3n) is 4.86. The van der Waals surface area contributed by atoms with Crippen LogP contribution in [0.5, 0.6) is 0 Å². The van der Waals surface area contributed by atoms with Gasteiger partial charge in [-0.1, -0.05) is 38.1 Å². The van der Waals surface area contributed by atoms with Crippen LogP contribution in [0.25, 0.3) is 0 Å². The lowest BCUT2D eigenvalue weighted by Gasteiger charge is -2.44. The highest BCUT2D eigenvalue weighted by atomic mass is 16.5. The molecule has 2 rings (SSSR count). The van der Waals surface area contributed by atoms with E-state index in [1.54, 1.807) is 0 Å². The second kappa shape index (κ2) is 6.06. The molecule has 0 heterocycles. The fourth-order valence-electron chi connectivity index (χ4n) is 3.70. The fourth-order valence-corrected chi connectivity index (χ4v) is 3.70. The summed E-state index contributed by atoms with van der Waals surface area (Å²) in [5, 5.41) is 3.53. The normalized spacial score (nSPS) is 31.8. The number of rotatable bonds is 4. The molecule has 19 heavy (non-hydrogen) atoms. The van der Waals surface area contributed by atoms with Crippen LogP contribution in [0, 0.1) is 5.92 Å². The second-order valence-corrected chi connectivity index (χ2v) is 5.78. The number of ether oxygens (including phenoxy) is 1. The van der Waals surface area contributed by atoms with Gasteiger partial charge in [-0.3, -0.25) is 0 Å². The summed E-state index contributed by atoms with van der Waals surface area (Å²) in [5.74, 6) is 1.65. The Kier molecular flexibility index (Phi) is 4.64. The summed E-state index contributed by atoms with van der Waals surface area (Å²) in [5.41, 5.74) is 2.96. The Morgan fingerprint density at radius 2 is 1.84 bits per heavy atom. The lowest BCUT2D eigenvalue weighted by atomic mass is 9.67. The van der Waals surface area contributed by atoms with Crippen LogP contribution in [0.3, 0.4) is 0 Å². The van der Waals surface area contributed by atoms with Crippen LogP contribution in [0.2, 0.25) is 0 Å². The van der Waals surface area contributed by atoms with Crippen molar-refractivity contribution in [2.75, 3.05) is 13.7 Å². The van der Waals surface area contributed by atoms with Gasteiger partial charge in [-0.15, -0.1) is 0 Å². The van der Waals surface area contributed by atoms with E-state index in [1.165, 1.54) is 11.1 Å². The van der Waals surface area contributed by atoms with E-state index in [0.717, 1.165) is 6.61 Å². The quantitative estimate of drug-likeness (QED) is 0.895. The van der Waals surface area contributed by atoms with Crippen LogP contribution in [0.1, 0.15) is 50.7 Å². The van der Waals surface area contributed by atoms with Crippen molar-refractivity contribution in [3.05, 3.63) is 35.4 Å². The molecule has 1 aliphatic rings. The van der Waals surface area contributed by atoms with Crippen LogP contribution in [-0.2, 0) is 4.74 Å². The molecular formula is C17H27NO. The number of hydrogen-bond acceptors (Lipinski definition) is 2. The number of hydrogen-bond donors (Lipinski definition) is 1. The summed E-state index contributed by atoms with van der Waals surface area (Å²) in [6, 6.07) is 9.35. The van der Waals surface area contributed by atoms with E-state index >= 15 is 0 Å². The second-order valence-electron chi connectivity index (χ2n) is 5.78. The Labute approximate surface area is 117 Å². The van der Waals surface area contributed by atoms with Gasteiger partial charge in [0.15, 0.2) is 0 Å². The molecular weight excluding hydrogens is 234 g/mol. The zero-order valence-electron chi connectivity index (χ0n) is 12.8. The first-order valence-corrected chi connectivity index (χ1v) is 7.49. The first kappa shape index (κ1) is 14.5. The highest BCUT2D eigenvalue weighted by molar-refractivity contribution is 5.38. The van der Waals surface area contributed by atoms with Crippen molar-refractivity contribution in [1.82, 2.24) is 5.32 Å². The van der Waals surface area contributed by atoms with Gasteiger partial charge in [0.2, 0.25) is 0 Å². The molecule has 0 aromatic heterocycles. The van der Waals surface area contributed by atoms with Gasteiger partial charge in [0.05, 0.1) is 6.10 Å². The highest BCUT2D eigenvalue weighted by Gasteiger charge is 2.40. The molecule has 0 spiro atoms. The number of likely N-dealkylation sites (N-methyl/N-ethyl adjacent to an activating group) is 1. The topological polar surface area (TPSA) is 21.3 Å². The summed E-state index contributed by atoms with van der Waals surface area (Å²) in [4.78, 5) is 0. The average Bonchev–Trinajstić information content (AvgIpc) is 2.42. The first-order chi connectivity index (χ1) is 9.11. The van der Waals surface area contributed by atoms with Gasteiger partial charge >= 0.3 is 0 Å². The molecule has 1 aromatic carbocycles. The molecule has 1 N–H and O–H groups in total. The Hall–Kier alpha value is -0.860. The van der Waals surface area contributed by atoms with Gasteiger partial charge in [-0.05, 0) is 43.9 Å². The number of nitrogens with one attached hydrogen (secondary N) is 1. The summed E-state index contributed by atoms with van der Waals surface area (Å²) < 4.78 is 5.91. The first-order valence-electron chi connectivity index (χ1n) is 7.49. The summed E-state index contributed by atoms with van der Waals surface area (Å²) in [7, 11) is 2.08. The van der Waals surface area contributed by atoms with E-state index in [9.17, 15) is 0 Å². The van der Waals surface area contributed by atoms with Gasteiger partial charge in [0.25, 0.3) is 0 Å². The molecule has 0 saturated carbocycles. The molecule has 2 heteroatoms. The molecule has 0 saturated heterocycles. The minimum absolute atomic E-state index is 0.249. The maximum atomic E-state index is 5.91. The van der Waals surface area contributed by atoms with Gasteiger partial charge in [-0.25, -0.2) is 0 Å². The van der Waals surface area contributed by atoms with Gasteiger partial charge in [0, 0.05) is 18.6 Å². The van der Waals surface area contributed by atoms with Crippen LogP contribution in [0.15, 0.2) is 24.3 Å². The molecule has 5 unspecified atom stereocenters. The number of fused-ring (bicyclic) bond motifs is 1. The van der Waals surface area contributed by atoms with E-state index in [4.69, 9.17) is 4.74 Å². The standard InChI is InChI=1S/C17H27NO/c1-6-19-13(4)16-15-10-8-7-9-14(15)11(2)12(3)17(16)18-5/h7-13,16-18H,6H2,1-5H3. The van der Waals surface area contributed by atoms with E-state index in [1.807, 2.05) is 0 Å². The monoisotopic (exact) mass is 261 g/mol. The Morgan fingerprint density at radius 3 is 2.42 bits per heavy atom. The van der Waals surface area contributed by atoms with Crippen molar-refractivity contribution < 1.29 is 4.74 Å². The predicted octanol–water partition coefficient (Wildman–Crippen LogP) is 3.54. The van der Waals surface area contributed by atoms with Crippen LogP contribution in [-0.4, -0.2) is 25.8 Å². The van der Waals surface area contributed by atoms with E-state index in [0.29, 0.717) is 23.8 Å². The maximum absolute atomic E-state index is 5.91. The maximum Gasteiger partial charge on any atom is 0.0630 e. The largest absolute Gasteiger partial charge is 0.378 e. The van der Waals surface area contributed by atoms with Crippen LogP contribution < -0.4 is 5.32 Å². The van der Waals surface area contributed by atoms with Crippen molar-refractivity contribution in [3.63, 3.8) is 0 Å². The van der Waals surface area contributed by atoms with E-state index in [-0.39, 0.29) is 6.10 Å². The SMILES string of the molecule is CCOC(C)C1c2ccccc2C(C)C(C)C1NC. The average molecular weight is 261 g/mol. The molecule has 0 bridgehead atoms. The molecule has 5 atom stereocenters. The van der Waals surface area contributed by atoms with E-state index in [2.05, 4.69) is 64.3 Å². The van der Waals surface area contributed by atoms with Gasteiger partial charge in [-0.2, -0.15) is 0 Å². The minimum atomic E-state index is 0.249. The Bertz CT molecular complexity index is 417. The van der Waals surface area contributed by atoms with Crippen LogP contribution >= 0.6 is 0 Å². The molecule has 106 valence electrons. The third kappa shape index (κ3) is 2.56. The smallest absolute Gasteiger partial charge is 0.0630 e. The lowest BCUT2D eigenvalue weighted by Crippen LogP contribution is -2.47. The Morgan fingerprint density at radius 1 is 1.21 bits per heavy atom. The Balaban J connectivity index is 2.45. The summed E-state index contributed by atoms with van der Waals surface area (Å²) in [6.45, 7) is 9.76. The zero-order chi connectivity index (χ0) is 14.0. The van der Waals surface area contributed by atoms with Crippen molar-refractivity contribution in [3.8, 4) is 0 Å². The molecule has 0 fully saturated rings. The highest BCUT2D eigenvalue weighted by Crippen LogP contribution is 2.44. The van der Waals surface area contributed by atoms with Crippen LogP contribution in [0.4, 0.5) is 0 Å². The number of benzene rings is 1. The summed E-state index contributed by atoms with van der Waals surface area (Å²) >= 11 is 0. The zero-order valence-corrected chi connectivity index (χ0v) is 12.8.